The lowest BCUT2D eigenvalue weighted by molar-refractivity contribution is -0.000186. The fourth-order valence-electron chi connectivity index (χ4n) is 0.425. The molecule has 1 heterocycles. The van der Waals surface area contributed by atoms with E-state index in [9.17, 15) is 0 Å². The normalized spacial score (nSPS) is 28.5. The van der Waals surface area contributed by atoms with E-state index in [4.69, 9.17) is 10.6 Å². The predicted octanol–water partition coefficient (Wildman–Crippen LogP) is -0.103. The smallest absolute Gasteiger partial charge is 0.0816 e. The molecule has 0 spiro atoms. The van der Waals surface area contributed by atoms with Gasteiger partial charge in [-0.1, -0.05) is 0 Å². The summed E-state index contributed by atoms with van der Waals surface area (Å²) >= 11 is 0. The predicted molar refractivity (Wildman–Crippen MR) is 48.1 cm³/mol. The molecule has 2 atom stereocenters. The van der Waals surface area contributed by atoms with Crippen LogP contribution in [0.15, 0.2) is 0 Å². The van der Waals surface area contributed by atoms with Crippen LogP contribution in [0.4, 0.5) is 0 Å². The van der Waals surface area contributed by atoms with Crippen LogP contribution in [0.1, 0.15) is 0 Å². The molecule has 1 saturated heterocycles. The second kappa shape index (κ2) is 5.70. The molecule has 10 heavy (non-hydrogen) atoms. The zero-order valence-corrected chi connectivity index (χ0v) is 8.35. The quantitative estimate of drug-likeness (QED) is 0.555. The highest BCUT2D eigenvalue weighted by molar-refractivity contribution is 7.65. The van der Waals surface area contributed by atoms with Crippen molar-refractivity contribution >= 4 is 26.6 Å². The van der Waals surface area contributed by atoms with Crippen molar-refractivity contribution in [1.29, 1.82) is 0 Å². The van der Waals surface area contributed by atoms with Crippen molar-refractivity contribution < 1.29 is 4.84 Å². The maximum Gasteiger partial charge on any atom is 0.0816 e. The molecule has 0 bridgehead atoms. The Bertz CT molecular complexity index is 88.6. The Labute approximate surface area is 65.4 Å². The molecule has 0 saturated carbocycles. The number of hydrogen-bond acceptors (Lipinski definition) is 5. The number of hydrogen-bond donors (Lipinski definition) is 3. The zero-order valence-electron chi connectivity index (χ0n) is 5.35. The average Bonchev–Trinajstić information content (AvgIpc) is 2.03. The van der Waals surface area contributed by atoms with Gasteiger partial charge in [0.25, 0.3) is 0 Å². The summed E-state index contributed by atoms with van der Waals surface area (Å²) in [5.41, 5.74) is 5.26. The molecule has 0 aromatic carbocycles. The maximum absolute atomic E-state index is 5.26. The molecule has 8 heteroatoms. The van der Waals surface area contributed by atoms with Crippen LogP contribution < -0.4 is 15.4 Å². The van der Waals surface area contributed by atoms with Gasteiger partial charge >= 0.3 is 0 Å². The summed E-state index contributed by atoms with van der Waals surface area (Å²) in [6.07, 6.45) is 0. The number of nitrogens with zero attached hydrogens (tertiary/aromatic N) is 1. The molecule has 4 N–H and O–H groups in total. The molecule has 1 fully saturated rings. The van der Waals surface area contributed by atoms with Gasteiger partial charge in [-0.3, -0.25) is 14.6 Å². The summed E-state index contributed by atoms with van der Waals surface area (Å²) in [4.78, 5) is 11.6. The standard InChI is InChI=1S/C2H11N4OP3/c3-1-2-7-6-9-4-8-5-10-6/h4-5,8-10H,1-3H2. The Morgan fingerprint density at radius 2 is 2.10 bits per heavy atom. The Hall–Kier alpha value is 1.09. The number of nitrogens with two attached hydrogens (primary N) is 1. The third-order valence-electron chi connectivity index (χ3n) is 0.778. The van der Waals surface area contributed by atoms with Crippen LogP contribution in [-0.4, -0.2) is 17.8 Å². The lowest BCUT2D eigenvalue weighted by Crippen LogP contribution is -2.20. The first-order chi connectivity index (χ1) is 4.93. The van der Waals surface area contributed by atoms with Crippen LogP contribution in [0.5, 0.6) is 0 Å². The van der Waals surface area contributed by atoms with Crippen molar-refractivity contribution in [1.82, 2.24) is 14.3 Å². The van der Waals surface area contributed by atoms with Gasteiger partial charge in [-0.2, -0.15) is 0 Å². The molecule has 2 unspecified atom stereocenters. The topological polar surface area (TPSA) is 62.6 Å². The van der Waals surface area contributed by atoms with Gasteiger partial charge in [-0.05, 0) is 0 Å². The highest BCUT2D eigenvalue weighted by Gasteiger charge is 2.08. The first-order valence-electron chi connectivity index (χ1n) is 2.83. The molecule has 0 amide bonds. The van der Waals surface area contributed by atoms with Gasteiger partial charge in [-0.15, -0.1) is 4.60 Å². The van der Waals surface area contributed by atoms with E-state index in [1.165, 1.54) is 0 Å². The fraction of sp³-hybridized carbons (Fsp3) is 1.00. The lowest BCUT2D eigenvalue weighted by atomic mass is 10.8. The van der Waals surface area contributed by atoms with Crippen molar-refractivity contribution in [3.8, 4) is 0 Å². The van der Waals surface area contributed by atoms with E-state index >= 15 is 0 Å². The molecular weight excluding hydrogens is 189 g/mol. The molecular formula is C2H11N4OP3. The van der Waals surface area contributed by atoms with E-state index in [1.54, 1.807) is 0 Å². The molecule has 0 aromatic heterocycles. The SMILES string of the molecule is NCCON1PNPNP1. The highest BCUT2D eigenvalue weighted by atomic mass is 31.2. The van der Waals surface area contributed by atoms with Crippen LogP contribution in [0.3, 0.4) is 0 Å². The molecule has 1 aliphatic heterocycles. The van der Waals surface area contributed by atoms with E-state index in [1.807, 2.05) is 4.60 Å². The molecule has 5 nitrogen and oxygen atoms in total. The molecule has 1 rings (SSSR count). The van der Waals surface area contributed by atoms with Crippen molar-refractivity contribution in [2.45, 2.75) is 0 Å². The maximum atomic E-state index is 5.26. The highest BCUT2D eigenvalue weighted by Crippen LogP contribution is 2.36. The Balaban J connectivity index is 2.02. The van der Waals surface area contributed by atoms with Crippen molar-refractivity contribution in [2.75, 3.05) is 13.2 Å². The summed E-state index contributed by atoms with van der Waals surface area (Å²) in [7, 11) is 1.81. The zero-order chi connectivity index (χ0) is 7.23. The van der Waals surface area contributed by atoms with Crippen LogP contribution in [0.25, 0.3) is 0 Å². The average molecular weight is 200 g/mol. The number of rotatable bonds is 3. The Morgan fingerprint density at radius 1 is 1.40 bits per heavy atom. The summed E-state index contributed by atoms with van der Waals surface area (Å²) in [5.74, 6) is 0. The van der Waals surface area contributed by atoms with Crippen molar-refractivity contribution in [3.63, 3.8) is 0 Å². The first kappa shape index (κ1) is 9.18. The summed E-state index contributed by atoms with van der Waals surface area (Å²) < 4.78 is 1.86. The van der Waals surface area contributed by atoms with Gasteiger partial charge in [-0.25, -0.2) is 0 Å². The monoisotopic (exact) mass is 200 g/mol. The summed E-state index contributed by atoms with van der Waals surface area (Å²) in [6, 6.07) is 0. The van der Waals surface area contributed by atoms with E-state index in [-0.39, 0.29) is 0 Å². The third kappa shape index (κ3) is 3.47. The minimum atomic E-state index is 0.570. The van der Waals surface area contributed by atoms with E-state index in [0.29, 0.717) is 39.8 Å². The second-order valence-electron chi connectivity index (χ2n) is 1.51. The van der Waals surface area contributed by atoms with Crippen molar-refractivity contribution in [2.24, 2.45) is 5.73 Å². The lowest BCUT2D eigenvalue weighted by Gasteiger charge is -2.25. The Morgan fingerprint density at radius 3 is 2.70 bits per heavy atom. The minimum absolute atomic E-state index is 0.570. The van der Waals surface area contributed by atoms with E-state index < -0.39 is 0 Å². The van der Waals surface area contributed by atoms with E-state index in [0.717, 1.165) is 0 Å². The second-order valence-corrected chi connectivity index (χ2v) is 5.47. The van der Waals surface area contributed by atoms with Crippen LogP contribution in [0, 0.1) is 0 Å². The molecule has 0 aromatic rings. The van der Waals surface area contributed by atoms with Gasteiger partial charge in [0.1, 0.15) is 0 Å². The molecule has 0 radical (unpaired) electrons. The van der Waals surface area contributed by atoms with Crippen molar-refractivity contribution in [3.05, 3.63) is 0 Å². The molecule has 60 valence electrons. The van der Waals surface area contributed by atoms with E-state index in [2.05, 4.69) is 9.72 Å². The minimum Gasteiger partial charge on any atom is -0.328 e. The van der Waals surface area contributed by atoms with Crippen LogP contribution in [-0.2, 0) is 4.84 Å². The van der Waals surface area contributed by atoms with Gasteiger partial charge in [0.15, 0.2) is 0 Å². The fourth-order valence-corrected chi connectivity index (χ4v) is 4.04. The first-order valence-corrected chi connectivity index (χ1v) is 5.72. The summed E-state index contributed by atoms with van der Waals surface area (Å²) in [6.45, 7) is 1.18. The van der Waals surface area contributed by atoms with Crippen LogP contribution in [0.2, 0.25) is 0 Å². The largest absolute Gasteiger partial charge is 0.328 e. The van der Waals surface area contributed by atoms with Crippen LogP contribution >= 0.6 is 26.6 Å². The molecule has 1 aliphatic rings. The van der Waals surface area contributed by atoms with Gasteiger partial charge < -0.3 is 5.73 Å². The third-order valence-corrected chi connectivity index (χ3v) is 4.01. The number of nitrogens with one attached hydrogen (secondary N) is 2. The van der Waals surface area contributed by atoms with Gasteiger partial charge in [0.2, 0.25) is 0 Å². The summed E-state index contributed by atoms with van der Waals surface area (Å²) in [5, 5.41) is 0. The molecule has 0 aliphatic carbocycles. The Kier molecular flexibility index (Phi) is 5.24. The van der Waals surface area contributed by atoms with Gasteiger partial charge in [0, 0.05) is 15.4 Å². The van der Waals surface area contributed by atoms with Gasteiger partial charge in [0.05, 0.1) is 24.4 Å².